The Morgan fingerprint density at radius 1 is 0.833 bits per heavy atom. The molecular weight excluding hydrogens is 472 g/mol. The van der Waals surface area contributed by atoms with Gasteiger partial charge in [0.1, 0.15) is 6.54 Å². The summed E-state index contributed by atoms with van der Waals surface area (Å²) in [5.41, 5.74) is 1.78. The van der Waals surface area contributed by atoms with E-state index in [1.165, 1.54) is 28.2 Å². The van der Waals surface area contributed by atoms with Crippen molar-refractivity contribution in [3.63, 3.8) is 0 Å². The predicted molar refractivity (Wildman–Crippen MR) is 143 cm³/mol. The number of benzene rings is 3. The molecule has 0 saturated carbocycles. The Kier molecular flexibility index (Phi) is 6.86. The summed E-state index contributed by atoms with van der Waals surface area (Å²) in [6, 6.07) is 28.4. The van der Waals surface area contributed by atoms with Crippen LogP contribution in [0.4, 0.5) is 5.13 Å². The number of aromatic nitrogens is 3. The number of hydrogen-bond donors (Lipinski definition) is 0. The number of nitrogens with zero attached hydrogens (tertiary/aromatic N) is 4. The van der Waals surface area contributed by atoms with E-state index >= 15 is 0 Å². The summed E-state index contributed by atoms with van der Waals surface area (Å²) < 4.78 is 3.40. The summed E-state index contributed by atoms with van der Waals surface area (Å²) in [6.45, 7) is 0.324. The molecule has 0 aliphatic heterocycles. The van der Waals surface area contributed by atoms with E-state index in [1.807, 2.05) is 84.9 Å². The van der Waals surface area contributed by atoms with Crippen LogP contribution in [0.5, 0.6) is 0 Å². The topological polar surface area (TPSA) is 77.2 Å². The van der Waals surface area contributed by atoms with Gasteiger partial charge in [0.2, 0.25) is 5.91 Å². The number of rotatable bonds is 8. The van der Waals surface area contributed by atoms with Crippen molar-refractivity contribution >= 4 is 32.6 Å². The third-order valence-electron chi connectivity index (χ3n) is 5.91. The van der Waals surface area contributed by atoms with Crippen LogP contribution in [0.25, 0.3) is 10.2 Å². The lowest BCUT2D eigenvalue weighted by Gasteiger charge is -2.20. The van der Waals surface area contributed by atoms with Gasteiger partial charge in [-0.3, -0.25) is 23.6 Å². The molecule has 0 aliphatic carbocycles. The number of fused-ring (bicyclic) bond motifs is 1. The molecule has 0 atom stereocenters. The molecular formula is C28H24N4O3S. The molecule has 3 aromatic carbocycles. The highest BCUT2D eigenvalue weighted by Gasteiger charge is 2.22. The van der Waals surface area contributed by atoms with Gasteiger partial charge in [-0.25, -0.2) is 9.78 Å². The van der Waals surface area contributed by atoms with Gasteiger partial charge in [-0.1, -0.05) is 84.1 Å². The first-order valence-corrected chi connectivity index (χ1v) is 12.4. The Bertz CT molecular complexity index is 1570. The summed E-state index contributed by atoms with van der Waals surface area (Å²) in [5.74, 6) is -0.360. The van der Waals surface area contributed by atoms with E-state index in [0.29, 0.717) is 24.6 Å². The Morgan fingerprint density at radius 3 is 2.22 bits per heavy atom. The number of hydrogen-bond acceptors (Lipinski definition) is 5. The van der Waals surface area contributed by atoms with Crippen LogP contribution in [-0.4, -0.2) is 26.6 Å². The number of carbonyl (C=O) groups excluding carboxylic acids is 1. The Balaban J connectivity index is 1.45. The summed E-state index contributed by atoms with van der Waals surface area (Å²) >= 11 is 1.42. The van der Waals surface area contributed by atoms with Crippen molar-refractivity contribution in [1.29, 1.82) is 0 Å². The van der Waals surface area contributed by atoms with Gasteiger partial charge >= 0.3 is 5.69 Å². The average molecular weight is 497 g/mol. The maximum Gasteiger partial charge on any atom is 0.331 e. The highest BCUT2D eigenvalue weighted by Crippen LogP contribution is 2.29. The van der Waals surface area contributed by atoms with Gasteiger partial charge in [-0.05, 0) is 29.7 Å². The fourth-order valence-electron chi connectivity index (χ4n) is 4.01. The Labute approximate surface area is 211 Å². The number of para-hydroxylation sites is 1. The maximum absolute atomic E-state index is 13.6. The van der Waals surface area contributed by atoms with Crippen LogP contribution in [0.3, 0.4) is 0 Å². The first kappa shape index (κ1) is 23.4. The lowest BCUT2D eigenvalue weighted by molar-refractivity contribution is -0.119. The molecule has 0 fully saturated rings. The van der Waals surface area contributed by atoms with Crippen molar-refractivity contribution in [1.82, 2.24) is 14.1 Å². The minimum absolute atomic E-state index is 0.309. The molecule has 0 N–H and O–H groups in total. The van der Waals surface area contributed by atoms with Gasteiger partial charge in [0.25, 0.3) is 5.56 Å². The number of anilines is 1. The van der Waals surface area contributed by atoms with Crippen LogP contribution in [-0.2, 0) is 24.3 Å². The van der Waals surface area contributed by atoms with Crippen molar-refractivity contribution < 1.29 is 4.79 Å². The molecule has 180 valence electrons. The van der Waals surface area contributed by atoms with Gasteiger partial charge in [0, 0.05) is 18.8 Å². The second kappa shape index (κ2) is 10.5. The molecule has 0 saturated heterocycles. The third-order valence-corrected chi connectivity index (χ3v) is 6.97. The molecule has 0 bridgehead atoms. The summed E-state index contributed by atoms with van der Waals surface area (Å²) in [6.07, 6.45) is 2.09. The van der Waals surface area contributed by atoms with Crippen LogP contribution in [0, 0.1) is 0 Å². The van der Waals surface area contributed by atoms with Crippen molar-refractivity contribution in [2.75, 3.05) is 11.4 Å². The second-order valence-corrected chi connectivity index (χ2v) is 9.39. The fraction of sp³-hybridized carbons (Fsp3) is 0.143. The fourth-order valence-corrected chi connectivity index (χ4v) is 5.02. The maximum atomic E-state index is 13.6. The van der Waals surface area contributed by atoms with E-state index in [1.54, 1.807) is 4.90 Å². The van der Waals surface area contributed by atoms with Crippen LogP contribution in [0.15, 0.2) is 107 Å². The zero-order valence-electron chi connectivity index (χ0n) is 19.5. The molecule has 1 amide bonds. The normalized spacial score (nSPS) is 11.0. The third kappa shape index (κ3) is 5.18. The first-order chi connectivity index (χ1) is 17.6. The van der Waals surface area contributed by atoms with Gasteiger partial charge in [0.05, 0.1) is 16.8 Å². The van der Waals surface area contributed by atoms with Gasteiger partial charge in [0.15, 0.2) is 5.13 Å². The molecule has 5 aromatic rings. The molecule has 0 spiro atoms. The van der Waals surface area contributed by atoms with Crippen molar-refractivity contribution in [3.05, 3.63) is 129 Å². The number of carbonyl (C=O) groups is 1. The second-order valence-electron chi connectivity index (χ2n) is 8.38. The lowest BCUT2D eigenvalue weighted by atomic mass is 10.1. The highest BCUT2D eigenvalue weighted by molar-refractivity contribution is 7.22. The van der Waals surface area contributed by atoms with Crippen LogP contribution < -0.4 is 16.1 Å². The Hall–Kier alpha value is -4.30. The minimum atomic E-state index is -0.521. The summed E-state index contributed by atoms with van der Waals surface area (Å²) in [4.78, 5) is 45.6. The monoisotopic (exact) mass is 496 g/mol. The lowest BCUT2D eigenvalue weighted by Crippen LogP contribution is -2.45. The smallest absolute Gasteiger partial charge is 0.296 e. The van der Waals surface area contributed by atoms with Crippen molar-refractivity contribution in [2.45, 2.75) is 19.5 Å². The molecule has 7 nitrogen and oxygen atoms in total. The van der Waals surface area contributed by atoms with E-state index in [2.05, 4.69) is 4.98 Å². The SMILES string of the molecule is O=C(Cn1c(=O)ccn(Cc2ccccc2)c1=O)N(CCc1ccccc1)c1nc2ccccc2s1. The zero-order chi connectivity index (χ0) is 24.9. The van der Waals surface area contributed by atoms with Crippen molar-refractivity contribution in [3.8, 4) is 0 Å². The first-order valence-electron chi connectivity index (χ1n) is 11.6. The molecule has 2 aromatic heterocycles. The van der Waals surface area contributed by atoms with E-state index in [-0.39, 0.29) is 12.5 Å². The van der Waals surface area contributed by atoms with Crippen LogP contribution in [0.1, 0.15) is 11.1 Å². The van der Waals surface area contributed by atoms with E-state index in [9.17, 15) is 14.4 Å². The highest BCUT2D eigenvalue weighted by atomic mass is 32.1. The van der Waals surface area contributed by atoms with Crippen molar-refractivity contribution in [2.24, 2.45) is 0 Å². The largest absolute Gasteiger partial charge is 0.331 e. The zero-order valence-corrected chi connectivity index (χ0v) is 20.3. The minimum Gasteiger partial charge on any atom is -0.296 e. The average Bonchev–Trinajstić information content (AvgIpc) is 3.33. The molecule has 36 heavy (non-hydrogen) atoms. The molecule has 2 heterocycles. The summed E-state index contributed by atoms with van der Waals surface area (Å²) in [7, 11) is 0. The molecule has 8 heteroatoms. The van der Waals surface area contributed by atoms with Gasteiger partial charge < -0.3 is 0 Å². The van der Waals surface area contributed by atoms with E-state index in [4.69, 9.17) is 0 Å². The predicted octanol–water partition coefficient (Wildman–Crippen LogP) is 3.94. The molecule has 5 rings (SSSR count). The van der Waals surface area contributed by atoms with Crippen LogP contribution >= 0.6 is 11.3 Å². The van der Waals surface area contributed by atoms with E-state index < -0.39 is 11.2 Å². The van der Waals surface area contributed by atoms with Crippen LogP contribution in [0.2, 0.25) is 0 Å². The quantitative estimate of drug-likeness (QED) is 0.326. The molecule has 0 unspecified atom stereocenters. The number of thiazole rings is 1. The van der Waals surface area contributed by atoms with E-state index in [0.717, 1.165) is 25.9 Å². The number of amides is 1. The van der Waals surface area contributed by atoms with Gasteiger partial charge in [-0.2, -0.15) is 0 Å². The summed E-state index contributed by atoms with van der Waals surface area (Å²) in [5, 5.41) is 0.547. The Morgan fingerprint density at radius 2 is 1.50 bits per heavy atom. The molecule has 0 radical (unpaired) electrons. The standard InChI is InChI=1S/C28H24N4O3S/c33-25-16-17-30(19-22-11-5-2-6-12-22)28(35)32(25)20-26(34)31(18-15-21-9-3-1-4-10-21)27-29-23-13-7-8-14-24(23)36-27/h1-14,16-17H,15,18-20H2. The van der Waals surface area contributed by atoms with Gasteiger partial charge in [-0.15, -0.1) is 0 Å². The molecule has 0 aliphatic rings.